The minimum atomic E-state index is -0.836. The maximum atomic E-state index is 12.8. The Morgan fingerprint density at radius 3 is 2.41 bits per heavy atom. The van der Waals surface area contributed by atoms with E-state index in [0.29, 0.717) is 30.0 Å². The lowest BCUT2D eigenvalue weighted by Crippen LogP contribution is -2.47. The minimum absolute atomic E-state index is 0.295. The summed E-state index contributed by atoms with van der Waals surface area (Å²) in [7, 11) is 3.03. The van der Waals surface area contributed by atoms with Gasteiger partial charge in [-0.3, -0.25) is 14.5 Å². The summed E-state index contributed by atoms with van der Waals surface area (Å²) in [4.78, 5) is 38.6. The number of nitrogens with zero attached hydrogens (tertiary/aromatic N) is 1. The number of amides is 4. The molecule has 1 aliphatic heterocycles. The highest BCUT2D eigenvalue weighted by Crippen LogP contribution is 2.33. The molecular weight excluding hydrogens is 350 g/mol. The fourth-order valence-electron chi connectivity index (χ4n) is 3.75. The normalized spacial score (nSPS) is 18.8. The zero-order valence-corrected chi connectivity index (χ0v) is 15.7. The van der Waals surface area contributed by atoms with Crippen molar-refractivity contribution in [1.82, 2.24) is 10.2 Å². The van der Waals surface area contributed by atoms with Gasteiger partial charge in [0.05, 0.1) is 14.2 Å². The number of anilines is 1. The lowest BCUT2D eigenvalue weighted by molar-refractivity contribution is -0.134. The predicted molar refractivity (Wildman–Crippen MR) is 98.9 cm³/mol. The van der Waals surface area contributed by atoms with Crippen molar-refractivity contribution in [1.29, 1.82) is 0 Å². The topological polar surface area (TPSA) is 97.0 Å². The van der Waals surface area contributed by atoms with Crippen LogP contribution in [0.25, 0.3) is 0 Å². The van der Waals surface area contributed by atoms with Crippen LogP contribution in [0.1, 0.15) is 38.5 Å². The van der Waals surface area contributed by atoms with E-state index in [1.807, 2.05) is 0 Å². The van der Waals surface area contributed by atoms with Crippen molar-refractivity contribution in [3.05, 3.63) is 18.2 Å². The highest BCUT2D eigenvalue weighted by atomic mass is 16.5. The molecule has 0 bridgehead atoms. The quantitative estimate of drug-likeness (QED) is 0.770. The van der Waals surface area contributed by atoms with Crippen LogP contribution >= 0.6 is 0 Å². The number of methoxy groups -OCH3 is 2. The lowest BCUT2D eigenvalue weighted by Gasteiger charge is -2.24. The number of urea groups is 1. The molecule has 0 radical (unpaired) electrons. The zero-order valence-electron chi connectivity index (χ0n) is 15.7. The Morgan fingerprint density at radius 2 is 1.78 bits per heavy atom. The standard InChI is InChI=1S/C19H25N3O5/c1-26-14-8-7-13(11-15(14)27-2)20-16(23)12-22-17(24)19(21-18(22)25)9-5-3-4-6-10-19/h7-8,11H,3-6,9-10,12H2,1-2H3,(H,20,23)(H,21,25). The van der Waals surface area contributed by atoms with E-state index >= 15 is 0 Å². The number of rotatable bonds is 5. The molecule has 1 aromatic carbocycles. The van der Waals surface area contributed by atoms with Crippen LogP contribution in [0.4, 0.5) is 10.5 Å². The van der Waals surface area contributed by atoms with E-state index in [0.717, 1.165) is 30.6 Å². The van der Waals surface area contributed by atoms with E-state index in [4.69, 9.17) is 9.47 Å². The van der Waals surface area contributed by atoms with E-state index in [1.54, 1.807) is 18.2 Å². The molecule has 0 unspecified atom stereocenters. The van der Waals surface area contributed by atoms with Gasteiger partial charge in [-0.05, 0) is 25.0 Å². The molecule has 2 N–H and O–H groups in total. The summed E-state index contributed by atoms with van der Waals surface area (Å²) >= 11 is 0. The summed E-state index contributed by atoms with van der Waals surface area (Å²) in [6.45, 7) is -0.319. The van der Waals surface area contributed by atoms with E-state index in [2.05, 4.69) is 10.6 Å². The second-order valence-corrected chi connectivity index (χ2v) is 6.94. The first-order valence-electron chi connectivity index (χ1n) is 9.15. The fraction of sp³-hybridized carbons (Fsp3) is 0.526. The molecule has 0 atom stereocenters. The van der Waals surface area contributed by atoms with Crippen LogP contribution in [0.3, 0.4) is 0 Å². The average molecular weight is 375 g/mol. The number of carbonyl (C=O) groups is 3. The molecule has 8 nitrogen and oxygen atoms in total. The van der Waals surface area contributed by atoms with Gasteiger partial charge < -0.3 is 20.1 Å². The Hall–Kier alpha value is -2.77. The summed E-state index contributed by atoms with van der Waals surface area (Å²) in [5.74, 6) is 0.274. The molecule has 1 saturated carbocycles. The summed E-state index contributed by atoms with van der Waals surface area (Å²) in [6.07, 6.45) is 5.18. The van der Waals surface area contributed by atoms with Crippen molar-refractivity contribution in [3.8, 4) is 11.5 Å². The molecular formula is C19H25N3O5. The minimum Gasteiger partial charge on any atom is -0.493 e. The first-order valence-corrected chi connectivity index (χ1v) is 9.15. The van der Waals surface area contributed by atoms with Crippen molar-refractivity contribution < 1.29 is 23.9 Å². The second-order valence-electron chi connectivity index (χ2n) is 6.94. The third kappa shape index (κ3) is 3.84. The van der Waals surface area contributed by atoms with Crippen molar-refractivity contribution in [2.24, 2.45) is 0 Å². The van der Waals surface area contributed by atoms with Gasteiger partial charge in [0, 0.05) is 11.8 Å². The number of imide groups is 1. The van der Waals surface area contributed by atoms with E-state index < -0.39 is 17.5 Å². The Kier molecular flexibility index (Phi) is 5.53. The van der Waals surface area contributed by atoms with Crippen molar-refractivity contribution in [2.45, 2.75) is 44.1 Å². The Labute approximate surface area is 158 Å². The third-order valence-corrected chi connectivity index (χ3v) is 5.17. The van der Waals surface area contributed by atoms with Crippen molar-refractivity contribution >= 4 is 23.5 Å². The first-order chi connectivity index (χ1) is 13.0. The SMILES string of the molecule is COc1ccc(NC(=O)CN2C(=O)NC3(CCCCCC3)C2=O)cc1OC. The first kappa shape index (κ1) is 19.0. The van der Waals surface area contributed by atoms with E-state index in [9.17, 15) is 14.4 Å². The number of carbonyl (C=O) groups excluding carboxylic acids is 3. The lowest BCUT2D eigenvalue weighted by atomic mass is 9.90. The molecule has 2 fully saturated rings. The fourth-order valence-corrected chi connectivity index (χ4v) is 3.75. The van der Waals surface area contributed by atoms with Gasteiger partial charge in [-0.2, -0.15) is 0 Å². The van der Waals surface area contributed by atoms with Crippen LogP contribution in [0.5, 0.6) is 11.5 Å². The molecule has 3 rings (SSSR count). The van der Waals surface area contributed by atoms with Crippen LogP contribution < -0.4 is 20.1 Å². The summed E-state index contributed by atoms with van der Waals surface area (Å²) in [5, 5.41) is 5.52. The number of hydrogen-bond acceptors (Lipinski definition) is 5. The monoisotopic (exact) mass is 375 g/mol. The van der Waals surface area contributed by atoms with Crippen LogP contribution in [-0.2, 0) is 9.59 Å². The largest absolute Gasteiger partial charge is 0.493 e. The highest BCUT2D eigenvalue weighted by Gasteiger charge is 2.51. The van der Waals surface area contributed by atoms with E-state index in [1.165, 1.54) is 14.2 Å². The van der Waals surface area contributed by atoms with Gasteiger partial charge in [0.2, 0.25) is 5.91 Å². The van der Waals surface area contributed by atoms with Gasteiger partial charge in [0.25, 0.3) is 5.91 Å². The molecule has 2 aliphatic rings. The zero-order chi connectivity index (χ0) is 19.4. The second kappa shape index (κ2) is 7.85. The van der Waals surface area contributed by atoms with Crippen LogP contribution in [0, 0.1) is 0 Å². The van der Waals surface area contributed by atoms with Crippen molar-refractivity contribution in [3.63, 3.8) is 0 Å². The molecule has 1 aliphatic carbocycles. The Morgan fingerprint density at radius 1 is 1.11 bits per heavy atom. The smallest absolute Gasteiger partial charge is 0.325 e. The molecule has 1 aromatic rings. The highest BCUT2D eigenvalue weighted by molar-refractivity contribution is 6.10. The maximum Gasteiger partial charge on any atom is 0.325 e. The maximum absolute atomic E-state index is 12.8. The number of ether oxygens (including phenoxy) is 2. The molecule has 8 heteroatoms. The van der Waals surface area contributed by atoms with Crippen LogP contribution in [0.2, 0.25) is 0 Å². The predicted octanol–water partition coefficient (Wildman–Crippen LogP) is 2.29. The van der Waals surface area contributed by atoms with Crippen LogP contribution in [0.15, 0.2) is 18.2 Å². The summed E-state index contributed by atoms with van der Waals surface area (Å²) in [5.41, 5.74) is -0.342. The van der Waals surface area contributed by atoms with Gasteiger partial charge in [0.1, 0.15) is 12.1 Å². The summed E-state index contributed by atoms with van der Waals surface area (Å²) < 4.78 is 10.4. The number of benzene rings is 1. The molecule has 4 amide bonds. The van der Waals surface area contributed by atoms with Gasteiger partial charge in [0.15, 0.2) is 11.5 Å². The van der Waals surface area contributed by atoms with Gasteiger partial charge in [-0.1, -0.05) is 25.7 Å². The molecule has 146 valence electrons. The third-order valence-electron chi connectivity index (χ3n) is 5.17. The van der Waals surface area contributed by atoms with Crippen molar-refractivity contribution in [2.75, 3.05) is 26.1 Å². The Bertz CT molecular complexity index is 741. The molecule has 1 heterocycles. The molecule has 0 aromatic heterocycles. The molecule has 1 saturated heterocycles. The Balaban J connectivity index is 1.67. The summed E-state index contributed by atoms with van der Waals surface area (Å²) in [6, 6.07) is 4.46. The van der Waals surface area contributed by atoms with E-state index in [-0.39, 0.29) is 12.5 Å². The molecule has 27 heavy (non-hydrogen) atoms. The van der Waals surface area contributed by atoms with Gasteiger partial charge in [-0.25, -0.2) is 4.79 Å². The van der Waals surface area contributed by atoms with Gasteiger partial charge >= 0.3 is 6.03 Å². The van der Waals surface area contributed by atoms with Gasteiger partial charge in [-0.15, -0.1) is 0 Å². The average Bonchev–Trinajstić information content (AvgIpc) is 2.83. The number of nitrogens with one attached hydrogen (secondary N) is 2. The van der Waals surface area contributed by atoms with Crippen LogP contribution in [-0.4, -0.2) is 49.0 Å². The number of hydrogen-bond donors (Lipinski definition) is 2. The molecule has 1 spiro atoms.